The van der Waals surface area contributed by atoms with E-state index in [1.54, 1.807) is 19.1 Å². The fraction of sp³-hybridized carbons (Fsp3) is 0.240. The number of nitrogens with zero attached hydrogens (tertiary/aromatic N) is 1. The Hall–Kier alpha value is -3.60. The van der Waals surface area contributed by atoms with Gasteiger partial charge in [0, 0.05) is 12.6 Å². The van der Waals surface area contributed by atoms with E-state index in [2.05, 4.69) is 0 Å². The van der Waals surface area contributed by atoms with Gasteiger partial charge < -0.3 is 9.84 Å². The third-order valence-electron chi connectivity index (χ3n) is 5.92. The normalized spacial score (nSPS) is 15.9. The van der Waals surface area contributed by atoms with Crippen molar-refractivity contribution in [3.8, 4) is 5.75 Å². The second-order valence-corrected chi connectivity index (χ2v) is 10.3. The van der Waals surface area contributed by atoms with Crippen molar-refractivity contribution in [2.45, 2.75) is 31.0 Å². The van der Waals surface area contributed by atoms with E-state index in [0.29, 0.717) is 22.8 Å². The van der Waals surface area contributed by atoms with Crippen LogP contribution in [0.3, 0.4) is 0 Å². The summed E-state index contributed by atoms with van der Waals surface area (Å²) >= 11 is 0. The average molecular weight is 524 g/mol. The standard InChI is InChI=1S/C25H21F4NO5S/c1-15-5-6-16(9-22(15)26)14-35-20-8-7-17-10-18(24(31)32)13-30(23(17)12-20)36(33,34)21-4-2-3-19(11-21)25(27,28)29/h2-9,11-12,18H,10,13-14H2,1H3,(H,31,32). The van der Waals surface area contributed by atoms with Crippen LogP contribution >= 0.6 is 0 Å². The van der Waals surface area contributed by atoms with Crippen LogP contribution in [0.25, 0.3) is 0 Å². The quantitative estimate of drug-likeness (QED) is 0.450. The van der Waals surface area contributed by atoms with E-state index in [-0.39, 0.29) is 24.5 Å². The van der Waals surface area contributed by atoms with Gasteiger partial charge in [-0.3, -0.25) is 9.10 Å². The summed E-state index contributed by atoms with van der Waals surface area (Å²) in [6, 6.07) is 12.3. The third kappa shape index (κ3) is 5.15. The van der Waals surface area contributed by atoms with Crippen molar-refractivity contribution in [1.82, 2.24) is 0 Å². The van der Waals surface area contributed by atoms with Crippen LogP contribution in [0.2, 0.25) is 0 Å². The highest BCUT2D eigenvalue weighted by molar-refractivity contribution is 7.92. The predicted octanol–water partition coefficient (Wildman–Crippen LogP) is 5.18. The predicted molar refractivity (Wildman–Crippen MR) is 123 cm³/mol. The van der Waals surface area contributed by atoms with Crippen molar-refractivity contribution >= 4 is 21.7 Å². The molecule has 1 atom stereocenters. The van der Waals surface area contributed by atoms with Crippen LogP contribution in [0.4, 0.5) is 23.2 Å². The van der Waals surface area contributed by atoms with Gasteiger partial charge in [-0.05, 0) is 60.4 Å². The summed E-state index contributed by atoms with van der Waals surface area (Å²) in [5, 5.41) is 9.55. The molecule has 0 fully saturated rings. The van der Waals surface area contributed by atoms with Crippen LogP contribution < -0.4 is 9.04 Å². The number of carboxylic acids is 1. The number of carboxylic acid groups (broad SMARTS) is 1. The molecule has 36 heavy (non-hydrogen) atoms. The molecule has 0 aliphatic carbocycles. The minimum absolute atomic E-state index is 0.0197. The molecule has 1 aliphatic rings. The Morgan fingerprint density at radius 1 is 1.11 bits per heavy atom. The topological polar surface area (TPSA) is 83.9 Å². The number of hydrogen-bond donors (Lipinski definition) is 1. The van der Waals surface area contributed by atoms with Crippen LogP contribution in [0.5, 0.6) is 5.75 Å². The summed E-state index contributed by atoms with van der Waals surface area (Å²) in [7, 11) is -4.55. The van der Waals surface area contributed by atoms with Gasteiger partial charge >= 0.3 is 12.1 Å². The van der Waals surface area contributed by atoms with Crippen molar-refractivity contribution in [3.63, 3.8) is 0 Å². The lowest BCUT2D eigenvalue weighted by molar-refractivity contribution is -0.141. The van der Waals surface area contributed by atoms with Crippen LogP contribution in [0, 0.1) is 18.7 Å². The number of alkyl halides is 3. The molecule has 1 aliphatic heterocycles. The molecule has 0 saturated carbocycles. The maximum absolute atomic E-state index is 13.8. The van der Waals surface area contributed by atoms with E-state index in [9.17, 15) is 35.9 Å². The number of aliphatic carboxylic acids is 1. The van der Waals surface area contributed by atoms with E-state index in [1.165, 1.54) is 24.3 Å². The van der Waals surface area contributed by atoms with Crippen molar-refractivity contribution in [3.05, 3.63) is 88.7 Å². The van der Waals surface area contributed by atoms with Crippen molar-refractivity contribution in [2.24, 2.45) is 5.92 Å². The van der Waals surface area contributed by atoms with Crippen LogP contribution in [0.1, 0.15) is 22.3 Å². The Kier molecular flexibility index (Phi) is 6.70. The van der Waals surface area contributed by atoms with E-state index in [4.69, 9.17) is 4.74 Å². The van der Waals surface area contributed by atoms with Crippen molar-refractivity contribution in [2.75, 3.05) is 10.8 Å². The van der Waals surface area contributed by atoms with Crippen LogP contribution in [-0.4, -0.2) is 26.0 Å². The summed E-state index contributed by atoms with van der Waals surface area (Å²) in [6.45, 7) is 1.13. The molecule has 1 heterocycles. The minimum Gasteiger partial charge on any atom is -0.489 e. The fourth-order valence-electron chi connectivity index (χ4n) is 3.91. The number of hydrogen-bond acceptors (Lipinski definition) is 4. The Labute approximate surface area is 204 Å². The summed E-state index contributed by atoms with van der Waals surface area (Å²) < 4.78 is 86.8. The highest BCUT2D eigenvalue weighted by Crippen LogP contribution is 2.38. The van der Waals surface area contributed by atoms with Gasteiger partial charge in [-0.1, -0.05) is 24.3 Å². The van der Waals surface area contributed by atoms with E-state index >= 15 is 0 Å². The summed E-state index contributed by atoms with van der Waals surface area (Å²) in [4.78, 5) is 11.1. The van der Waals surface area contributed by atoms with Gasteiger partial charge in [0.15, 0.2) is 0 Å². The minimum atomic E-state index is -4.76. The number of fused-ring (bicyclic) bond motifs is 1. The first kappa shape index (κ1) is 25.5. The summed E-state index contributed by atoms with van der Waals surface area (Å²) in [5.74, 6) is -2.50. The zero-order chi connectivity index (χ0) is 26.3. The maximum atomic E-state index is 13.8. The Bertz CT molecular complexity index is 1420. The molecule has 0 bridgehead atoms. The van der Waals surface area contributed by atoms with Crippen molar-refractivity contribution in [1.29, 1.82) is 0 Å². The molecular weight excluding hydrogens is 502 g/mol. The van der Waals surface area contributed by atoms with Crippen molar-refractivity contribution < 1.29 is 40.6 Å². The van der Waals surface area contributed by atoms with Gasteiger partial charge in [0.25, 0.3) is 10.0 Å². The first-order valence-corrected chi connectivity index (χ1v) is 12.2. The van der Waals surface area contributed by atoms with Crippen LogP contribution in [-0.2, 0) is 34.0 Å². The highest BCUT2D eigenvalue weighted by Gasteiger charge is 2.38. The number of benzene rings is 3. The molecule has 3 aromatic rings. The molecule has 11 heteroatoms. The average Bonchev–Trinajstić information content (AvgIpc) is 2.83. The molecule has 0 radical (unpaired) electrons. The second kappa shape index (κ2) is 9.45. The van der Waals surface area contributed by atoms with E-state index in [1.807, 2.05) is 0 Å². The van der Waals surface area contributed by atoms with Gasteiger partial charge in [-0.2, -0.15) is 13.2 Å². The number of ether oxygens (including phenoxy) is 1. The number of carbonyl (C=O) groups is 1. The summed E-state index contributed by atoms with van der Waals surface area (Å²) in [5.41, 5.74) is 0.361. The second-order valence-electron chi connectivity index (χ2n) is 8.46. The van der Waals surface area contributed by atoms with Gasteiger partial charge in [0.1, 0.15) is 18.2 Å². The van der Waals surface area contributed by atoms with Gasteiger partial charge in [-0.25, -0.2) is 12.8 Å². The third-order valence-corrected chi connectivity index (χ3v) is 7.69. The molecule has 1 unspecified atom stereocenters. The molecule has 1 N–H and O–H groups in total. The largest absolute Gasteiger partial charge is 0.489 e. The molecule has 4 rings (SSSR count). The molecule has 190 valence electrons. The number of halogens is 4. The molecular formula is C25H21F4NO5S. The van der Waals surface area contributed by atoms with E-state index in [0.717, 1.165) is 22.5 Å². The number of aryl methyl sites for hydroxylation is 1. The zero-order valence-electron chi connectivity index (χ0n) is 18.9. The molecule has 3 aromatic carbocycles. The lowest BCUT2D eigenvalue weighted by Crippen LogP contribution is -2.42. The lowest BCUT2D eigenvalue weighted by Gasteiger charge is -2.34. The smallest absolute Gasteiger partial charge is 0.416 e. The fourth-order valence-corrected chi connectivity index (χ4v) is 5.50. The Morgan fingerprint density at radius 2 is 1.86 bits per heavy atom. The number of rotatable bonds is 6. The number of sulfonamides is 1. The Morgan fingerprint density at radius 3 is 2.53 bits per heavy atom. The lowest BCUT2D eigenvalue weighted by atomic mass is 9.94. The molecule has 0 aromatic heterocycles. The summed E-state index contributed by atoms with van der Waals surface area (Å²) in [6.07, 6.45) is -4.73. The Balaban J connectivity index is 1.70. The first-order valence-electron chi connectivity index (χ1n) is 10.8. The van der Waals surface area contributed by atoms with E-state index < -0.39 is 50.9 Å². The van der Waals surface area contributed by atoms with Gasteiger partial charge in [0.2, 0.25) is 0 Å². The first-order chi connectivity index (χ1) is 16.9. The highest BCUT2D eigenvalue weighted by atomic mass is 32.2. The monoisotopic (exact) mass is 523 g/mol. The molecule has 6 nitrogen and oxygen atoms in total. The molecule has 0 amide bonds. The van der Waals surface area contributed by atoms with Crippen LogP contribution in [0.15, 0.2) is 65.6 Å². The maximum Gasteiger partial charge on any atom is 0.416 e. The van der Waals surface area contributed by atoms with Gasteiger partial charge in [0.05, 0.1) is 22.1 Å². The molecule has 0 spiro atoms. The SMILES string of the molecule is Cc1ccc(COc2ccc3c(c2)N(S(=O)(=O)c2cccc(C(F)(F)F)c2)CC(C(=O)O)C3)cc1F. The molecule has 0 saturated heterocycles. The number of anilines is 1. The van der Waals surface area contributed by atoms with Gasteiger partial charge in [-0.15, -0.1) is 0 Å². The zero-order valence-corrected chi connectivity index (χ0v) is 19.7.